The van der Waals surface area contributed by atoms with Crippen LogP contribution in [0.3, 0.4) is 0 Å². The molecule has 0 N–H and O–H groups in total. The van der Waals surface area contributed by atoms with Crippen LogP contribution in [0.4, 0.5) is 0 Å². The van der Waals surface area contributed by atoms with Gasteiger partial charge in [-0.25, -0.2) is 4.57 Å². The Morgan fingerprint density at radius 3 is 2.40 bits per heavy atom. The van der Waals surface area contributed by atoms with Crippen molar-refractivity contribution in [1.82, 2.24) is 0 Å². The molecule has 1 nitrogen and oxygen atoms in total. The summed E-state index contributed by atoms with van der Waals surface area (Å²) in [6, 6.07) is 14.5. The van der Waals surface area contributed by atoms with Crippen molar-refractivity contribution in [2.24, 2.45) is 7.05 Å². The predicted molar refractivity (Wildman–Crippen MR) is 107 cm³/mol. The van der Waals surface area contributed by atoms with Crippen LogP contribution in [0.5, 0.6) is 0 Å². The fourth-order valence-corrected chi connectivity index (χ4v) is 3.13. The van der Waals surface area contributed by atoms with Gasteiger partial charge in [-0.3, -0.25) is 0 Å². The highest BCUT2D eigenvalue weighted by Gasteiger charge is 2.18. The average Bonchev–Trinajstić information content (AvgIpc) is 2.66. The number of aromatic nitrogens is 1. The lowest BCUT2D eigenvalue weighted by molar-refractivity contribution is -0.660. The van der Waals surface area contributed by atoms with E-state index in [1.165, 1.54) is 0 Å². The maximum Gasteiger partial charge on any atom is 0.212 e. The molecule has 0 bridgehead atoms. The zero-order valence-corrected chi connectivity index (χ0v) is 15.1. The monoisotopic (exact) mass is 337 g/mol. The molecule has 1 aromatic heterocycles. The van der Waals surface area contributed by atoms with Gasteiger partial charge >= 0.3 is 0 Å². The minimum absolute atomic E-state index is 0.158. The second kappa shape index (κ2) is 6.84. The van der Waals surface area contributed by atoms with Crippen LogP contribution in [-0.4, -0.2) is 0 Å². The van der Waals surface area contributed by atoms with E-state index in [-0.39, 0.29) is 11.1 Å². The molecule has 0 aliphatic heterocycles. The minimum atomic E-state index is -2.33. The number of hydrogen-bond acceptors (Lipinski definition) is 0. The average molecular weight is 338 g/mol. The summed E-state index contributed by atoms with van der Waals surface area (Å²) in [5.41, 5.74) is 4.87. The largest absolute Gasteiger partial charge is 0.212 e. The van der Waals surface area contributed by atoms with Gasteiger partial charge in [-0.15, -0.1) is 0 Å². The van der Waals surface area contributed by atoms with E-state index in [0.717, 1.165) is 22.4 Å². The highest BCUT2D eigenvalue weighted by molar-refractivity contribution is 5.74. The summed E-state index contributed by atoms with van der Waals surface area (Å²) in [6.07, 6.45) is 1.58. The normalized spacial score (nSPS) is 16.7. The molecule has 3 aromatic rings. The molecular weight excluding hydrogens is 302 g/mol. The van der Waals surface area contributed by atoms with Gasteiger partial charge in [0.2, 0.25) is 5.69 Å². The van der Waals surface area contributed by atoms with E-state index >= 15 is 0 Å². The summed E-state index contributed by atoms with van der Waals surface area (Å²) >= 11 is 0. The molecule has 0 aliphatic carbocycles. The van der Waals surface area contributed by atoms with E-state index in [1.54, 1.807) is 55.9 Å². The quantitative estimate of drug-likeness (QED) is 0.524. The van der Waals surface area contributed by atoms with Crippen LogP contribution in [-0.2, 0) is 7.05 Å². The molecule has 0 saturated carbocycles. The van der Waals surface area contributed by atoms with Crippen molar-refractivity contribution in [2.45, 2.75) is 40.4 Å². The zero-order valence-electron chi connectivity index (χ0n) is 22.1. The van der Waals surface area contributed by atoms with Crippen molar-refractivity contribution in [3.63, 3.8) is 0 Å². The molecule has 1 heteroatoms. The first kappa shape index (κ1) is 10.6. The van der Waals surface area contributed by atoms with Crippen molar-refractivity contribution in [3.05, 3.63) is 77.0 Å². The Morgan fingerprint density at radius 2 is 1.68 bits per heavy atom. The summed E-state index contributed by atoms with van der Waals surface area (Å²) < 4.78 is 57.7. The van der Waals surface area contributed by atoms with Gasteiger partial charge in [0.25, 0.3) is 0 Å². The summed E-state index contributed by atoms with van der Waals surface area (Å²) in [5.74, 6) is -1.11. The first-order valence-corrected chi connectivity index (χ1v) is 8.36. The Morgan fingerprint density at radius 1 is 0.920 bits per heavy atom. The van der Waals surface area contributed by atoms with E-state index in [4.69, 9.17) is 9.60 Å². The summed E-state index contributed by atoms with van der Waals surface area (Å²) in [5, 5.41) is 0. The zero-order chi connectivity index (χ0) is 24.1. The van der Waals surface area contributed by atoms with Crippen molar-refractivity contribution in [2.75, 3.05) is 0 Å². The van der Waals surface area contributed by atoms with Crippen LogP contribution < -0.4 is 4.57 Å². The van der Waals surface area contributed by atoms with Crippen LogP contribution in [0.2, 0.25) is 0 Å². The van der Waals surface area contributed by atoms with Gasteiger partial charge < -0.3 is 0 Å². The third-order valence-electron chi connectivity index (χ3n) is 4.56. The molecule has 0 atom stereocenters. The fourth-order valence-electron chi connectivity index (χ4n) is 3.13. The summed E-state index contributed by atoms with van der Waals surface area (Å²) in [7, 11) is 1.79. The van der Waals surface area contributed by atoms with E-state index in [0.29, 0.717) is 11.1 Å². The number of aryl methyl sites for hydroxylation is 4. The van der Waals surface area contributed by atoms with Crippen LogP contribution in [0.15, 0.2) is 54.7 Å². The number of rotatable bonds is 3. The van der Waals surface area contributed by atoms with Crippen LogP contribution in [0.25, 0.3) is 22.4 Å². The molecule has 0 fully saturated rings. The lowest BCUT2D eigenvalue weighted by atomic mass is 9.92. The number of pyridine rings is 1. The second-order valence-electron chi connectivity index (χ2n) is 6.67. The van der Waals surface area contributed by atoms with Gasteiger partial charge in [0, 0.05) is 26.8 Å². The van der Waals surface area contributed by atoms with Crippen LogP contribution in [0, 0.1) is 20.6 Å². The van der Waals surface area contributed by atoms with E-state index in [2.05, 4.69) is 0 Å². The molecule has 0 unspecified atom stereocenters. The third kappa shape index (κ3) is 3.37. The number of hydrogen-bond donors (Lipinski definition) is 0. The molecule has 0 aliphatic rings. The smallest absolute Gasteiger partial charge is 0.201 e. The van der Waals surface area contributed by atoms with Crippen molar-refractivity contribution < 1.29 is 14.2 Å². The molecule has 0 saturated heterocycles. The maximum atomic E-state index is 8.53. The minimum Gasteiger partial charge on any atom is -0.201 e. The van der Waals surface area contributed by atoms with E-state index in [1.807, 2.05) is 31.2 Å². The molecule has 1 heterocycles. The van der Waals surface area contributed by atoms with Crippen LogP contribution in [0.1, 0.15) is 51.6 Å². The first-order valence-electron chi connectivity index (χ1n) is 11.9. The van der Waals surface area contributed by atoms with Gasteiger partial charge in [0.15, 0.2) is 6.20 Å². The van der Waals surface area contributed by atoms with Gasteiger partial charge in [-0.2, -0.15) is 0 Å². The van der Waals surface area contributed by atoms with Crippen LogP contribution >= 0.6 is 0 Å². The van der Waals surface area contributed by atoms with Crippen molar-refractivity contribution >= 4 is 0 Å². The Bertz CT molecular complexity index is 1150. The third-order valence-corrected chi connectivity index (χ3v) is 4.56. The molecule has 2 aromatic carbocycles. The summed E-state index contributed by atoms with van der Waals surface area (Å²) in [6.45, 7) is 0.738. The van der Waals surface area contributed by atoms with Gasteiger partial charge in [0.1, 0.15) is 7.05 Å². The molecular formula is C24H28N+. The maximum absolute atomic E-state index is 8.53. The molecule has 0 amide bonds. The van der Waals surface area contributed by atoms with Crippen molar-refractivity contribution in [1.29, 1.82) is 0 Å². The molecule has 0 radical (unpaired) electrons. The Balaban J connectivity index is 2.28. The molecule has 128 valence electrons. The fraction of sp³-hybridized carbons (Fsp3) is 0.292. The van der Waals surface area contributed by atoms with E-state index < -0.39 is 19.6 Å². The molecule has 0 spiro atoms. The van der Waals surface area contributed by atoms with Crippen molar-refractivity contribution in [3.8, 4) is 22.4 Å². The van der Waals surface area contributed by atoms with Gasteiger partial charge in [-0.05, 0) is 60.4 Å². The highest BCUT2D eigenvalue weighted by Crippen LogP contribution is 2.31. The standard InChI is InChI=1S/C24H28N/c1-16(2)22-14-24(25(6)15-19(22)5)23-13-20(12-11-18(23)4)21-10-8-7-9-17(21)3/h7-16H,1-6H3/q+1/i3D3,5D3,16D. The number of benzene rings is 2. The predicted octanol–water partition coefficient (Wildman–Crippen LogP) is 5.89. The lowest BCUT2D eigenvalue weighted by Gasteiger charge is -2.13. The SMILES string of the molecule is [2H]C([2H])([2H])c1ccccc1-c1ccc(C)c(-c2cc(C([2H])(C)C)c(C([2H])([2H])[2H])c[n+]2C)c1. The number of nitrogens with zero attached hydrogens (tertiary/aromatic N) is 1. The highest BCUT2D eigenvalue weighted by atomic mass is 14.9. The van der Waals surface area contributed by atoms with E-state index in [9.17, 15) is 0 Å². The Labute approximate surface area is 161 Å². The topological polar surface area (TPSA) is 3.88 Å². The second-order valence-corrected chi connectivity index (χ2v) is 6.67. The Kier molecular flexibility index (Phi) is 2.89. The Hall–Kier alpha value is -2.41. The molecule has 3 rings (SSSR count). The summed E-state index contributed by atoms with van der Waals surface area (Å²) in [4.78, 5) is 0. The van der Waals surface area contributed by atoms with Gasteiger partial charge in [0.05, 0.1) is 0 Å². The first-order chi connectivity index (χ1) is 14.6. The molecule has 25 heavy (non-hydrogen) atoms. The van der Waals surface area contributed by atoms with Gasteiger partial charge in [-0.1, -0.05) is 50.2 Å². The lowest BCUT2D eigenvalue weighted by Crippen LogP contribution is -2.32.